The second-order valence-electron chi connectivity index (χ2n) is 4.40. The first-order chi connectivity index (χ1) is 10.1. The molecular formula is C16H14FN3O. The fourth-order valence-corrected chi connectivity index (χ4v) is 1.85. The average Bonchev–Trinajstić information content (AvgIpc) is 2.44. The number of aromatic nitrogens is 1. The molecule has 0 aliphatic carbocycles. The van der Waals surface area contributed by atoms with Crippen molar-refractivity contribution in [1.82, 2.24) is 4.98 Å². The van der Waals surface area contributed by atoms with Crippen molar-refractivity contribution in [3.8, 4) is 11.8 Å². The van der Waals surface area contributed by atoms with Gasteiger partial charge in [-0.25, -0.2) is 4.39 Å². The molecule has 21 heavy (non-hydrogen) atoms. The van der Waals surface area contributed by atoms with E-state index in [2.05, 4.69) is 22.1 Å². The van der Waals surface area contributed by atoms with Gasteiger partial charge in [-0.1, -0.05) is 11.8 Å². The van der Waals surface area contributed by atoms with Gasteiger partial charge in [0.15, 0.2) is 0 Å². The number of pyridine rings is 1. The highest BCUT2D eigenvalue weighted by atomic mass is 19.1. The lowest BCUT2D eigenvalue weighted by Crippen LogP contribution is -2.14. The molecule has 2 aromatic rings. The molecule has 1 amide bonds. The Balaban J connectivity index is 2.28. The van der Waals surface area contributed by atoms with Crippen molar-refractivity contribution in [3.63, 3.8) is 0 Å². The van der Waals surface area contributed by atoms with E-state index in [4.69, 9.17) is 5.73 Å². The van der Waals surface area contributed by atoms with Gasteiger partial charge in [0.25, 0.3) is 5.91 Å². The second kappa shape index (κ2) is 6.64. The molecule has 106 valence electrons. The molecule has 0 saturated heterocycles. The molecule has 0 bridgehead atoms. The lowest BCUT2D eigenvalue weighted by molar-refractivity contribution is 0.102. The fraction of sp³-hybridized carbons (Fsp3) is 0.125. The molecule has 1 heterocycles. The van der Waals surface area contributed by atoms with Crippen LogP contribution in [0.1, 0.15) is 21.5 Å². The maximum Gasteiger partial charge on any atom is 0.257 e. The van der Waals surface area contributed by atoms with Gasteiger partial charge in [-0.2, -0.15) is 0 Å². The zero-order valence-electron chi connectivity index (χ0n) is 11.5. The Bertz CT molecular complexity index is 712. The number of hydrogen-bond donors (Lipinski definition) is 2. The summed E-state index contributed by atoms with van der Waals surface area (Å²) in [5.74, 6) is 4.70. The van der Waals surface area contributed by atoms with Gasteiger partial charge in [0, 0.05) is 18.1 Å². The third-order valence-corrected chi connectivity index (χ3v) is 2.69. The summed E-state index contributed by atoms with van der Waals surface area (Å²) in [6.07, 6.45) is 2.99. The standard InChI is InChI=1S/C16H14FN3O/c1-11-7-13(17)9-14(8-11)20-16(21)15-4-6-19-10-12(15)3-2-5-18/h4,6-10H,5,18H2,1H3,(H,20,21). The van der Waals surface area contributed by atoms with Crippen LogP contribution in [0.25, 0.3) is 0 Å². The Morgan fingerprint density at radius 3 is 2.95 bits per heavy atom. The summed E-state index contributed by atoms with van der Waals surface area (Å²) in [5.41, 5.74) is 7.29. The summed E-state index contributed by atoms with van der Waals surface area (Å²) in [6.45, 7) is 1.95. The minimum absolute atomic E-state index is 0.193. The summed E-state index contributed by atoms with van der Waals surface area (Å²) in [7, 11) is 0. The Kier molecular flexibility index (Phi) is 4.64. The number of benzene rings is 1. The molecule has 0 radical (unpaired) electrons. The van der Waals surface area contributed by atoms with Crippen molar-refractivity contribution >= 4 is 11.6 Å². The molecule has 0 fully saturated rings. The molecular weight excluding hydrogens is 269 g/mol. The number of nitrogens with one attached hydrogen (secondary N) is 1. The van der Waals surface area contributed by atoms with Crippen molar-refractivity contribution in [2.45, 2.75) is 6.92 Å². The van der Waals surface area contributed by atoms with Gasteiger partial charge in [-0.05, 0) is 36.8 Å². The van der Waals surface area contributed by atoms with Crippen LogP contribution in [0.5, 0.6) is 0 Å². The second-order valence-corrected chi connectivity index (χ2v) is 4.40. The van der Waals surface area contributed by atoms with Crippen LogP contribution in [-0.2, 0) is 0 Å². The van der Waals surface area contributed by atoms with Crippen molar-refractivity contribution in [2.75, 3.05) is 11.9 Å². The number of carbonyl (C=O) groups excluding carboxylic acids is 1. The van der Waals surface area contributed by atoms with E-state index in [1.165, 1.54) is 24.5 Å². The predicted molar refractivity (Wildman–Crippen MR) is 79.3 cm³/mol. The summed E-state index contributed by atoms with van der Waals surface area (Å²) < 4.78 is 13.3. The highest BCUT2D eigenvalue weighted by Gasteiger charge is 2.11. The van der Waals surface area contributed by atoms with Crippen LogP contribution in [0, 0.1) is 24.6 Å². The molecule has 0 aliphatic rings. The van der Waals surface area contributed by atoms with Crippen molar-refractivity contribution in [2.24, 2.45) is 5.73 Å². The van der Waals surface area contributed by atoms with Gasteiger partial charge < -0.3 is 11.1 Å². The number of aryl methyl sites for hydroxylation is 1. The first-order valence-electron chi connectivity index (χ1n) is 6.31. The number of anilines is 1. The molecule has 1 aromatic carbocycles. The normalized spacial score (nSPS) is 9.67. The van der Waals surface area contributed by atoms with Gasteiger partial charge in [-0.3, -0.25) is 9.78 Å². The number of nitrogens with two attached hydrogens (primary N) is 1. The average molecular weight is 283 g/mol. The number of halogens is 1. The zero-order chi connectivity index (χ0) is 15.2. The highest BCUT2D eigenvalue weighted by Crippen LogP contribution is 2.15. The molecule has 0 saturated carbocycles. The fourth-order valence-electron chi connectivity index (χ4n) is 1.85. The molecule has 4 nitrogen and oxygen atoms in total. The van der Waals surface area contributed by atoms with E-state index in [0.29, 0.717) is 16.8 Å². The molecule has 5 heteroatoms. The number of carbonyl (C=O) groups is 1. The van der Waals surface area contributed by atoms with Crippen LogP contribution >= 0.6 is 0 Å². The molecule has 1 aromatic heterocycles. The molecule has 3 N–H and O–H groups in total. The summed E-state index contributed by atoms with van der Waals surface area (Å²) in [5, 5.41) is 2.65. The Hall–Kier alpha value is -2.71. The van der Waals surface area contributed by atoms with Gasteiger partial charge in [0.1, 0.15) is 5.82 Å². The summed E-state index contributed by atoms with van der Waals surface area (Å²) in [6, 6.07) is 5.90. The van der Waals surface area contributed by atoms with E-state index >= 15 is 0 Å². The minimum Gasteiger partial charge on any atom is -0.322 e. The zero-order valence-corrected chi connectivity index (χ0v) is 11.5. The summed E-state index contributed by atoms with van der Waals surface area (Å²) in [4.78, 5) is 16.2. The van der Waals surface area contributed by atoms with Crippen LogP contribution in [0.3, 0.4) is 0 Å². The van der Waals surface area contributed by atoms with Crippen molar-refractivity contribution < 1.29 is 9.18 Å². The molecule has 2 rings (SSSR count). The van der Waals surface area contributed by atoms with E-state index in [1.54, 1.807) is 19.1 Å². The quantitative estimate of drug-likeness (QED) is 0.829. The van der Waals surface area contributed by atoms with Gasteiger partial charge >= 0.3 is 0 Å². The van der Waals surface area contributed by atoms with Crippen LogP contribution in [0.2, 0.25) is 0 Å². The van der Waals surface area contributed by atoms with Gasteiger partial charge in [0.05, 0.1) is 17.7 Å². The molecule has 0 spiro atoms. The van der Waals surface area contributed by atoms with E-state index < -0.39 is 5.82 Å². The van der Waals surface area contributed by atoms with E-state index in [0.717, 1.165) is 5.56 Å². The Morgan fingerprint density at radius 1 is 1.43 bits per heavy atom. The van der Waals surface area contributed by atoms with Crippen molar-refractivity contribution in [3.05, 3.63) is 59.2 Å². The lowest BCUT2D eigenvalue weighted by Gasteiger charge is -2.07. The van der Waals surface area contributed by atoms with Crippen LogP contribution in [-0.4, -0.2) is 17.4 Å². The largest absolute Gasteiger partial charge is 0.322 e. The first-order valence-corrected chi connectivity index (χ1v) is 6.31. The third-order valence-electron chi connectivity index (χ3n) is 2.69. The molecule has 0 aliphatic heterocycles. The van der Waals surface area contributed by atoms with Gasteiger partial charge in [0.2, 0.25) is 0 Å². The van der Waals surface area contributed by atoms with Crippen LogP contribution in [0.15, 0.2) is 36.7 Å². The van der Waals surface area contributed by atoms with E-state index in [1.807, 2.05) is 0 Å². The number of hydrogen-bond acceptors (Lipinski definition) is 3. The lowest BCUT2D eigenvalue weighted by atomic mass is 10.1. The maximum absolute atomic E-state index is 13.3. The molecule has 0 unspecified atom stereocenters. The topological polar surface area (TPSA) is 68.0 Å². The number of rotatable bonds is 2. The Morgan fingerprint density at radius 2 is 2.24 bits per heavy atom. The van der Waals surface area contributed by atoms with E-state index in [-0.39, 0.29) is 12.5 Å². The predicted octanol–water partition coefficient (Wildman–Crippen LogP) is 2.09. The smallest absolute Gasteiger partial charge is 0.257 e. The number of amides is 1. The summed E-state index contributed by atoms with van der Waals surface area (Å²) >= 11 is 0. The SMILES string of the molecule is Cc1cc(F)cc(NC(=O)c2ccncc2C#CCN)c1. The van der Waals surface area contributed by atoms with Gasteiger partial charge in [-0.15, -0.1) is 0 Å². The highest BCUT2D eigenvalue weighted by molar-refractivity contribution is 6.05. The van der Waals surface area contributed by atoms with Crippen molar-refractivity contribution in [1.29, 1.82) is 0 Å². The van der Waals surface area contributed by atoms with Crippen LogP contribution in [0.4, 0.5) is 10.1 Å². The maximum atomic E-state index is 13.3. The minimum atomic E-state index is -0.400. The monoisotopic (exact) mass is 283 g/mol. The Labute approximate surface area is 122 Å². The third kappa shape index (κ3) is 3.88. The first kappa shape index (κ1) is 14.7. The number of nitrogens with zero attached hydrogens (tertiary/aromatic N) is 1. The van der Waals surface area contributed by atoms with Crippen LogP contribution < -0.4 is 11.1 Å². The molecule has 0 atom stereocenters. The van der Waals surface area contributed by atoms with E-state index in [9.17, 15) is 9.18 Å².